The monoisotopic (exact) mass is 338 g/mol. The van der Waals surface area contributed by atoms with Crippen LogP contribution in [0.5, 0.6) is 11.5 Å². The Morgan fingerprint density at radius 3 is 2.24 bits per heavy atom. The second-order valence-electron chi connectivity index (χ2n) is 7.13. The van der Waals surface area contributed by atoms with Crippen molar-refractivity contribution in [1.82, 2.24) is 4.90 Å². The van der Waals surface area contributed by atoms with E-state index in [2.05, 4.69) is 24.1 Å². The van der Waals surface area contributed by atoms with Crippen LogP contribution in [0.3, 0.4) is 0 Å². The van der Waals surface area contributed by atoms with Crippen molar-refractivity contribution in [3.8, 4) is 11.5 Å². The van der Waals surface area contributed by atoms with Crippen molar-refractivity contribution < 1.29 is 9.53 Å². The van der Waals surface area contributed by atoms with Gasteiger partial charge in [0.2, 0.25) is 5.91 Å². The van der Waals surface area contributed by atoms with Crippen LogP contribution in [0.4, 0.5) is 5.69 Å². The van der Waals surface area contributed by atoms with Gasteiger partial charge in [-0.05, 0) is 54.7 Å². The average molecular weight is 338 g/mol. The number of ether oxygens (including phenoxy) is 1. The van der Waals surface area contributed by atoms with Crippen molar-refractivity contribution in [2.45, 2.75) is 20.3 Å². The summed E-state index contributed by atoms with van der Waals surface area (Å²) in [5.41, 5.74) is 0.795. The standard InChI is InChI=1S/C21H26N2O2/c1-16-12-17(2)14-23(13-16)15-21(24)22-18-8-10-20(11-9-18)25-19-6-4-3-5-7-19/h3-11,16-17H,12-15H2,1-2H3,(H,22,24). The molecule has 1 aliphatic rings. The van der Waals surface area contributed by atoms with Gasteiger partial charge in [0, 0.05) is 18.8 Å². The molecule has 0 bridgehead atoms. The van der Waals surface area contributed by atoms with Gasteiger partial charge in [0.15, 0.2) is 0 Å². The van der Waals surface area contributed by atoms with E-state index in [0.717, 1.165) is 30.3 Å². The molecule has 1 saturated heterocycles. The lowest BCUT2D eigenvalue weighted by molar-refractivity contribution is -0.117. The van der Waals surface area contributed by atoms with Crippen molar-refractivity contribution >= 4 is 11.6 Å². The zero-order valence-corrected chi connectivity index (χ0v) is 14.9. The molecule has 25 heavy (non-hydrogen) atoms. The molecular formula is C21H26N2O2. The first-order valence-electron chi connectivity index (χ1n) is 8.93. The number of rotatable bonds is 5. The average Bonchev–Trinajstić information content (AvgIpc) is 2.56. The third-order valence-electron chi connectivity index (χ3n) is 4.43. The number of amides is 1. The van der Waals surface area contributed by atoms with Crippen LogP contribution < -0.4 is 10.1 Å². The molecule has 3 rings (SSSR count). The molecule has 1 heterocycles. The minimum Gasteiger partial charge on any atom is -0.457 e. The lowest BCUT2D eigenvalue weighted by Gasteiger charge is -2.34. The number of benzene rings is 2. The van der Waals surface area contributed by atoms with Crippen molar-refractivity contribution in [3.05, 3.63) is 54.6 Å². The highest BCUT2D eigenvalue weighted by atomic mass is 16.5. The molecule has 2 aromatic carbocycles. The van der Waals surface area contributed by atoms with E-state index in [9.17, 15) is 4.79 Å². The molecule has 0 saturated carbocycles. The van der Waals surface area contributed by atoms with Crippen molar-refractivity contribution in [1.29, 1.82) is 0 Å². The molecular weight excluding hydrogens is 312 g/mol. The van der Waals surface area contributed by atoms with Crippen LogP contribution in [-0.2, 0) is 4.79 Å². The summed E-state index contributed by atoms with van der Waals surface area (Å²) in [7, 11) is 0. The highest BCUT2D eigenvalue weighted by Gasteiger charge is 2.23. The fourth-order valence-electron chi connectivity index (χ4n) is 3.56. The maximum Gasteiger partial charge on any atom is 0.238 e. The predicted molar refractivity (Wildman–Crippen MR) is 101 cm³/mol. The fraction of sp³-hybridized carbons (Fsp3) is 0.381. The van der Waals surface area contributed by atoms with Crippen LogP contribution in [0.15, 0.2) is 54.6 Å². The van der Waals surface area contributed by atoms with E-state index in [4.69, 9.17) is 4.74 Å². The minimum absolute atomic E-state index is 0.0398. The van der Waals surface area contributed by atoms with E-state index in [0.29, 0.717) is 18.4 Å². The van der Waals surface area contributed by atoms with E-state index in [1.54, 1.807) is 0 Å². The molecule has 1 amide bonds. The molecule has 0 spiro atoms. The Labute approximate surface area is 149 Å². The van der Waals surface area contributed by atoms with Gasteiger partial charge < -0.3 is 10.1 Å². The van der Waals surface area contributed by atoms with Gasteiger partial charge in [-0.3, -0.25) is 9.69 Å². The molecule has 2 unspecified atom stereocenters. The third kappa shape index (κ3) is 5.33. The van der Waals surface area contributed by atoms with Crippen LogP contribution in [0.25, 0.3) is 0 Å². The first-order valence-corrected chi connectivity index (χ1v) is 8.93. The van der Waals surface area contributed by atoms with E-state index in [-0.39, 0.29) is 5.91 Å². The van der Waals surface area contributed by atoms with Gasteiger partial charge in [0.1, 0.15) is 11.5 Å². The Morgan fingerprint density at radius 1 is 1.00 bits per heavy atom. The molecule has 1 N–H and O–H groups in total. The van der Waals surface area contributed by atoms with Gasteiger partial charge in [-0.1, -0.05) is 32.0 Å². The molecule has 0 aromatic heterocycles. The molecule has 1 aliphatic heterocycles. The smallest absolute Gasteiger partial charge is 0.238 e. The summed E-state index contributed by atoms with van der Waals surface area (Å²) in [4.78, 5) is 14.5. The number of piperidine rings is 1. The van der Waals surface area contributed by atoms with Crippen molar-refractivity contribution in [2.75, 3.05) is 25.0 Å². The van der Waals surface area contributed by atoms with E-state index in [1.807, 2.05) is 54.6 Å². The Bertz CT molecular complexity index is 675. The first kappa shape index (κ1) is 17.5. The lowest BCUT2D eigenvalue weighted by atomic mass is 9.92. The number of nitrogens with one attached hydrogen (secondary N) is 1. The quantitative estimate of drug-likeness (QED) is 0.879. The van der Waals surface area contributed by atoms with Crippen LogP contribution >= 0.6 is 0 Å². The highest BCUT2D eigenvalue weighted by Crippen LogP contribution is 2.23. The largest absolute Gasteiger partial charge is 0.457 e. The summed E-state index contributed by atoms with van der Waals surface area (Å²) >= 11 is 0. The number of anilines is 1. The predicted octanol–water partition coefficient (Wildman–Crippen LogP) is 4.40. The number of hydrogen-bond donors (Lipinski definition) is 1. The number of nitrogens with zero attached hydrogens (tertiary/aromatic N) is 1. The normalized spacial score (nSPS) is 20.9. The summed E-state index contributed by atoms with van der Waals surface area (Å²) < 4.78 is 5.76. The van der Waals surface area contributed by atoms with Gasteiger partial charge in [0.05, 0.1) is 6.54 Å². The molecule has 2 aromatic rings. The lowest BCUT2D eigenvalue weighted by Crippen LogP contribution is -2.42. The molecule has 0 aliphatic carbocycles. The summed E-state index contributed by atoms with van der Waals surface area (Å²) in [6.45, 7) is 6.97. The minimum atomic E-state index is 0.0398. The van der Waals surface area contributed by atoms with Crippen LogP contribution in [-0.4, -0.2) is 30.4 Å². The Morgan fingerprint density at radius 2 is 1.60 bits per heavy atom. The molecule has 4 nitrogen and oxygen atoms in total. The van der Waals surface area contributed by atoms with Gasteiger partial charge >= 0.3 is 0 Å². The van der Waals surface area contributed by atoms with Gasteiger partial charge in [0.25, 0.3) is 0 Å². The molecule has 1 fully saturated rings. The van der Waals surface area contributed by atoms with E-state index < -0.39 is 0 Å². The fourth-order valence-corrected chi connectivity index (χ4v) is 3.56. The summed E-state index contributed by atoms with van der Waals surface area (Å²) in [5.74, 6) is 2.91. The zero-order valence-electron chi connectivity index (χ0n) is 14.9. The van der Waals surface area contributed by atoms with Crippen molar-refractivity contribution in [2.24, 2.45) is 11.8 Å². The van der Waals surface area contributed by atoms with E-state index in [1.165, 1.54) is 6.42 Å². The summed E-state index contributed by atoms with van der Waals surface area (Å²) in [5, 5.41) is 2.97. The second kappa shape index (κ2) is 8.17. The van der Waals surface area contributed by atoms with Crippen LogP contribution in [0, 0.1) is 11.8 Å². The zero-order chi connectivity index (χ0) is 17.6. The molecule has 0 radical (unpaired) electrons. The van der Waals surface area contributed by atoms with Crippen molar-refractivity contribution in [3.63, 3.8) is 0 Å². The third-order valence-corrected chi connectivity index (χ3v) is 4.43. The molecule has 4 heteroatoms. The van der Waals surface area contributed by atoms with Gasteiger partial charge in [-0.15, -0.1) is 0 Å². The number of likely N-dealkylation sites (tertiary alicyclic amines) is 1. The highest BCUT2D eigenvalue weighted by molar-refractivity contribution is 5.92. The number of hydrogen-bond acceptors (Lipinski definition) is 3. The van der Waals surface area contributed by atoms with Crippen LogP contribution in [0.1, 0.15) is 20.3 Å². The Kier molecular flexibility index (Phi) is 5.71. The topological polar surface area (TPSA) is 41.6 Å². The van der Waals surface area contributed by atoms with Gasteiger partial charge in [-0.25, -0.2) is 0 Å². The summed E-state index contributed by atoms with van der Waals surface area (Å²) in [6, 6.07) is 17.1. The number of carbonyl (C=O) groups excluding carboxylic acids is 1. The summed E-state index contributed by atoms with van der Waals surface area (Å²) in [6.07, 6.45) is 1.25. The van der Waals surface area contributed by atoms with Gasteiger partial charge in [-0.2, -0.15) is 0 Å². The Balaban J connectivity index is 1.51. The SMILES string of the molecule is CC1CC(C)CN(CC(=O)Nc2ccc(Oc3ccccc3)cc2)C1. The molecule has 2 atom stereocenters. The first-order chi connectivity index (χ1) is 12.1. The molecule has 132 valence electrons. The maximum absolute atomic E-state index is 12.3. The number of carbonyl (C=O) groups is 1. The second-order valence-corrected chi connectivity index (χ2v) is 7.13. The van der Waals surface area contributed by atoms with E-state index >= 15 is 0 Å². The maximum atomic E-state index is 12.3. The Hall–Kier alpha value is -2.33. The van der Waals surface area contributed by atoms with Crippen LogP contribution in [0.2, 0.25) is 0 Å². The number of para-hydroxylation sites is 1.